The average Bonchev–Trinajstić information content (AvgIpc) is 3.14. The van der Waals surface area contributed by atoms with E-state index in [9.17, 15) is 13.6 Å². The molecule has 0 aliphatic carbocycles. The van der Waals surface area contributed by atoms with Crippen molar-refractivity contribution in [1.29, 1.82) is 0 Å². The van der Waals surface area contributed by atoms with Crippen LogP contribution in [0.1, 0.15) is 53.5 Å². The quantitative estimate of drug-likeness (QED) is 0.162. The van der Waals surface area contributed by atoms with Crippen molar-refractivity contribution in [2.75, 3.05) is 6.61 Å². The molecule has 1 saturated heterocycles. The van der Waals surface area contributed by atoms with Crippen molar-refractivity contribution >= 4 is 45.9 Å². The fraction of sp³-hybridized carbons (Fsp3) is 0.438. The summed E-state index contributed by atoms with van der Waals surface area (Å²) in [6.07, 6.45) is 4.26. The molecule has 2 N–H and O–H groups in total. The highest BCUT2D eigenvalue weighted by molar-refractivity contribution is 6.62. The van der Waals surface area contributed by atoms with Gasteiger partial charge in [-0.2, -0.15) is 0 Å². The zero-order valence-electron chi connectivity index (χ0n) is 25.9. The van der Waals surface area contributed by atoms with Crippen LogP contribution in [-0.2, 0) is 16.4 Å². The Kier molecular flexibility index (Phi) is 9.57. The number of nitrogens with zero attached hydrogens (tertiary/aromatic N) is 2. The summed E-state index contributed by atoms with van der Waals surface area (Å²) in [7, 11) is 0.850. The van der Waals surface area contributed by atoms with E-state index in [0.717, 1.165) is 46.2 Å². The third kappa shape index (κ3) is 6.88. The summed E-state index contributed by atoms with van der Waals surface area (Å²) in [6, 6.07) is 7.84. The monoisotopic (exact) mass is 613 g/mol. The second-order valence-electron chi connectivity index (χ2n) is 12.5. The molecule has 1 aliphatic rings. The number of hydrogen-bond acceptors (Lipinski definition) is 6. The third-order valence-electron chi connectivity index (χ3n) is 8.07. The lowest BCUT2D eigenvalue weighted by Gasteiger charge is -2.32. The fourth-order valence-corrected chi connectivity index (χ4v) is 5.13. The summed E-state index contributed by atoms with van der Waals surface area (Å²) in [5.41, 5.74) is 6.78. The van der Waals surface area contributed by atoms with Gasteiger partial charge in [0.05, 0.1) is 27.1 Å². The number of benzene rings is 2. The summed E-state index contributed by atoms with van der Waals surface area (Å²) in [6.45, 7) is 14.2. The number of aryl methyl sites for hydroxylation is 2. The van der Waals surface area contributed by atoms with E-state index in [1.165, 1.54) is 0 Å². The average molecular weight is 614 g/mol. The molecule has 0 unspecified atom stereocenters. The van der Waals surface area contributed by atoms with Crippen molar-refractivity contribution in [1.82, 2.24) is 9.55 Å². The number of halogens is 3. The van der Waals surface area contributed by atoms with Gasteiger partial charge >= 0.3 is 7.12 Å². The van der Waals surface area contributed by atoms with Gasteiger partial charge in [-0.15, -0.1) is 0 Å². The minimum absolute atomic E-state index is 0.00148. The van der Waals surface area contributed by atoms with Gasteiger partial charge in [-0.25, -0.2) is 8.78 Å². The van der Waals surface area contributed by atoms with Crippen LogP contribution in [0.4, 0.5) is 8.78 Å². The molecule has 3 heterocycles. The molecule has 1 fully saturated rings. The van der Waals surface area contributed by atoms with Crippen LogP contribution in [0.5, 0.6) is 5.75 Å². The molecule has 0 amide bonds. The Labute approximate surface area is 256 Å². The van der Waals surface area contributed by atoms with Gasteiger partial charge in [0.2, 0.25) is 0 Å². The Morgan fingerprint density at radius 1 is 1.05 bits per heavy atom. The van der Waals surface area contributed by atoms with E-state index in [-0.39, 0.29) is 22.1 Å². The molecule has 2 aromatic heterocycles. The van der Waals surface area contributed by atoms with Gasteiger partial charge in [-0.1, -0.05) is 25.4 Å². The Bertz CT molecular complexity index is 1690. The smallest absolute Gasteiger partial charge is 0.492 e. The zero-order chi connectivity index (χ0) is 31.9. The number of fused-ring (bicyclic) bond motifs is 3. The fourth-order valence-electron chi connectivity index (χ4n) is 4.97. The first-order valence-corrected chi connectivity index (χ1v) is 14.7. The van der Waals surface area contributed by atoms with E-state index in [2.05, 4.69) is 24.9 Å². The van der Waals surface area contributed by atoms with Gasteiger partial charge in [-0.3, -0.25) is 9.78 Å². The lowest BCUT2D eigenvalue weighted by atomic mass is 9.78. The SMILES string of the molecule is CC1(C)OB(c2cc(F)c(Cl)cc2F)OC1(C)C.Cc1cc2c3ccncc3c(=O)n(C)c2cc1OC[C@@H](N)CC(C)C. The molecule has 4 aromatic rings. The minimum atomic E-state index is -0.929. The first-order chi connectivity index (χ1) is 20.0. The maximum Gasteiger partial charge on any atom is 0.497 e. The minimum Gasteiger partial charge on any atom is -0.492 e. The van der Waals surface area contributed by atoms with Crippen molar-refractivity contribution in [3.8, 4) is 5.75 Å². The van der Waals surface area contributed by atoms with Crippen LogP contribution in [0.25, 0.3) is 21.7 Å². The molecule has 1 atom stereocenters. The molecule has 5 rings (SSSR count). The lowest BCUT2D eigenvalue weighted by molar-refractivity contribution is 0.00578. The highest BCUT2D eigenvalue weighted by Crippen LogP contribution is 2.37. The zero-order valence-corrected chi connectivity index (χ0v) is 26.7. The highest BCUT2D eigenvalue weighted by atomic mass is 35.5. The molecule has 230 valence electrons. The van der Waals surface area contributed by atoms with E-state index < -0.39 is 30.0 Å². The van der Waals surface area contributed by atoms with E-state index in [1.54, 1.807) is 24.0 Å². The van der Waals surface area contributed by atoms with Crippen LogP contribution < -0.4 is 21.5 Å². The van der Waals surface area contributed by atoms with Gasteiger partial charge in [0.1, 0.15) is 24.0 Å². The van der Waals surface area contributed by atoms with E-state index >= 15 is 0 Å². The predicted octanol–water partition coefficient (Wildman–Crippen LogP) is 6.06. The molecular weight excluding hydrogens is 575 g/mol. The maximum atomic E-state index is 13.8. The molecule has 43 heavy (non-hydrogen) atoms. The Balaban J connectivity index is 0.000000208. The first-order valence-electron chi connectivity index (χ1n) is 14.3. The van der Waals surface area contributed by atoms with Gasteiger partial charge in [0.15, 0.2) is 0 Å². The molecule has 0 bridgehead atoms. The summed E-state index contributed by atoms with van der Waals surface area (Å²) in [5.74, 6) is -0.0186. The normalized spacial score (nSPS) is 16.4. The summed E-state index contributed by atoms with van der Waals surface area (Å²) < 4.78 is 46.1. The summed E-state index contributed by atoms with van der Waals surface area (Å²) >= 11 is 5.51. The number of ether oxygens (including phenoxy) is 1. The summed E-state index contributed by atoms with van der Waals surface area (Å²) in [5, 5.41) is 2.31. The van der Waals surface area contributed by atoms with Crippen LogP contribution >= 0.6 is 11.6 Å². The number of aromatic nitrogens is 2. The highest BCUT2D eigenvalue weighted by Gasteiger charge is 2.52. The van der Waals surface area contributed by atoms with Crippen LogP contribution in [0.3, 0.4) is 0 Å². The van der Waals surface area contributed by atoms with Crippen molar-refractivity contribution in [2.24, 2.45) is 18.7 Å². The van der Waals surface area contributed by atoms with E-state index in [0.29, 0.717) is 17.9 Å². The molecule has 11 heteroatoms. The van der Waals surface area contributed by atoms with Gasteiger partial charge in [0, 0.05) is 42.4 Å². The molecule has 7 nitrogen and oxygen atoms in total. The first kappa shape index (κ1) is 32.9. The lowest BCUT2D eigenvalue weighted by Crippen LogP contribution is -2.41. The van der Waals surface area contributed by atoms with E-state index in [4.69, 9.17) is 31.4 Å². The summed E-state index contributed by atoms with van der Waals surface area (Å²) in [4.78, 5) is 16.7. The second-order valence-corrected chi connectivity index (χ2v) is 12.9. The van der Waals surface area contributed by atoms with Gasteiger partial charge in [0.25, 0.3) is 5.56 Å². The van der Waals surface area contributed by atoms with Crippen molar-refractivity contribution in [3.63, 3.8) is 0 Å². The van der Waals surface area contributed by atoms with Gasteiger partial charge in [-0.05, 0) is 82.2 Å². The van der Waals surface area contributed by atoms with Crippen molar-refractivity contribution in [3.05, 3.63) is 75.3 Å². The molecule has 0 saturated carbocycles. The molecular formula is C32H39BClF2N3O4. The van der Waals surface area contributed by atoms with Crippen LogP contribution in [0.2, 0.25) is 5.02 Å². The molecule has 2 aromatic carbocycles. The number of rotatable bonds is 6. The van der Waals surface area contributed by atoms with Crippen molar-refractivity contribution in [2.45, 2.75) is 72.1 Å². The number of nitrogens with two attached hydrogens (primary N) is 1. The second kappa shape index (κ2) is 12.5. The maximum absolute atomic E-state index is 13.8. The number of pyridine rings is 2. The molecule has 0 spiro atoms. The van der Waals surface area contributed by atoms with Gasteiger partial charge < -0.3 is 24.3 Å². The van der Waals surface area contributed by atoms with Crippen LogP contribution in [0.15, 0.2) is 47.5 Å². The standard InChI is InChI=1S/C20H25N3O2.C12H14BClF2O2/c1-12(2)7-14(21)11-25-19-9-18-16(8-13(19)3)15-5-6-22-10-17(15)20(24)23(18)4;1-11(2)12(3,4)18-13(17-11)7-5-10(16)8(14)6-9(7)15/h5-6,8-10,12,14H,7,11,21H2,1-4H3;5-6H,1-4H3/t14-;/m0./s1. The largest absolute Gasteiger partial charge is 0.497 e. The molecule has 1 aliphatic heterocycles. The third-order valence-corrected chi connectivity index (χ3v) is 8.36. The topological polar surface area (TPSA) is 88.6 Å². The van der Waals surface area contributed by atoms with Crippen molar-refractivity contribution < 1.29 is 22.8 Å². The predicted molar refractivity (Wildman–Crippen MR) is 169 cm³/mol. The number of hydrogen-bond donors (Lipinski definition) is 1. The Hall–Kier alpha value is -3.05. The Morgan fingerprint density at radius 3 is 2.33 bits per heavy atom. The Morgan fingerprint density at radius 2 is 1.70 bits per heavy atom. The van der Waals surface area contributed by atoms with Crippen LogP contribution in [0, 0.1) is 24.5 Å². The van der Waals surface area contributed by atoms with E-state index in [1.807, 2.05) is 46.8 Å². The molecule has 0 radical (unpaired) electrons. The van der Waals surface area contributed by atoms with Crippen LogP contribution in [-0.4, -0.2) is 40.5 Å².